The van der Waals surface area contributed by atoms with Crippen molar-refractivity contribution in [1.82, 2.24) is 5.32 Å². The molecule has 0 atom stereocenters. The molecule has 0 aliphatic rings. The van der Waals surface area contributed by atoms with Gasteiger partial charge in [-0.05, 0) is 67.8 Å². The van der Waals surface area contributed by atoms with E-state index < -0.39 is 11.9 Å². The number of nitrogens with one attached hydrogen (secondary N) is 1. The molecule has 37 heavy (non-hydrogen) atoms. The lowest BCUT2D eigenvalue weighted by Crippen LogP contribution is -2.30. The molecule has 0 fully saturated rings. The number of ether oxygens (including phenoxy) is 4. The van der Waals surface area contributed by atoms with E-state index in [4.69, 9.17) is 18.9 Å². The SMILES string of the molecule is CCCCCOc1ccc(/C=C/C(=O)Oc2ccc(/C=C(\C#N)C(=O)NC(C)C)cc2OC)cc1OC. The summed E-state index contributed by atoms with van der Waals surface area (Å²) in [5.74, 6) is 0.644. The molecule has 0 saturated heterocycles. The maximum atomic E-state index is 12.5. The molecule has 0 unspecified atom stereocenters. The number of hydrogen-bond acceptors (Lipinski definition) is 7. The fourth-order valence-corrected chi connectivity index (χ4v) is 3.26. The predicted octanol–water partition coefficient (Wildman–Crippen LogP) is 5.32. The van der Waals surface area contributed by atoms with Gasteiger partial charge in [-0.25, -0.2) is 4.79 Å². The van der Waals surface area contributed by atoms with Crippen LogP contribution in [0.4, 0.5) is 0 Å². The first-order valence-electron chi connectivity index (χ1n) is 12.1. The first-order valence-corrected chi connectivity index (χ1v) is 12.1. The Morgan fingerprint density at radius 2 is 1.62 bits per heavy atom. The minimum atomic E-state index is -0.602. The molecule has 0 aliphatic carbocycles. The third kappa shape index (κ3) is 9.37. The Kier molecular flexibility index (Phi) is 11.7. The number of benzene rings is 2. The van der Waals surface area contributed by atoms with Crippen molar-refractivity contribution in [2.24, 2.45) is 0 Å². The van der Waals surface area contributed by atoms with Crippen LogP contribution in [0.1, 0.15) is 51.2 Å². The average Bonchev–Trinajstić information content (AvgIpc) is 2.89. The molecular weight excluding hydrogens is 472 g/mol. The van der Waals surface area contributed by atoms with Gasteiger partial charge in [0.25, 0.3) is 5.91 Å². The number of esters is 1. The van der Waals surface area contributed by atoms with Crippen molar-refractivity contribution in [1.29, 1.82) is 5.26 Å². The van der Waals surface area contributed by atoms with E-state index in [1.807, 2.05) is 32.0 Å². The van der Waals surface area contributed by atoms with Crippen LogP contribution in [-0.2, 0) is 9.59 Å². The second-order valence-electron chi connectivity index (χ2n) is 8.43. The van der Waals surface area contributed by atoms with Gasteiger partial charge in [0, 0.05) is 12.1 Å². The standard InChI is InChI=1S/C29H34N2O6/c1-6-7-8-15-36-24-12-9-21(17-26(24)34-4)11-14-28(32)37-25-13-10-22(18-27(25)35-5)16-23(19-30)29(33)31-20(2)3/h9-14,16-18,20H,6-8,15H2,1-5H3,(H,31,33)/b14-11+,23-16+. The van der Waals surface area contributed by atoms with Crippen LogP contribution in [-0.4, -0.2) is 38.7 Å². The predicted molar refractivity (Wildman–Crippen MR) is 143 cm³/mol. The molecule has 0 aromatic heterocycles. The van der Waals surface area contributed by atoms with Crippen molar-refractivity contribution in [2.45, 2.75) is 46.1 Å². The van der Waals surface area contributed by atoms with Gasteiger partial charge in [0.05, 0.1) is 20.8 Å². The summed E-state index contributed by atoms with van der Waals surface area (Å²) in [4.78, 5) is 24.6. The maximum absolute atomic E-state index is 12.5. The highest BCUT2D eigenvalue weighted by Gasteiger charge is 2.13. The highest BCUT2D eigenvalue weighted by Crippen LogP contribution is 2.30. The quantitative estimate of drug-likeness (QED) is 0.129. The minimum absolute atomic E-state index is 0.0452. The molecule has 0 saturated carbocycles. The van der Waals surface area contributed by atoms with E-state index in [0.29, 0.717) is 23.7 Å². The lowest BCUT2D eigenvalue weighted by atomic mass is 10.1. The summed E-state index contributed by atoms with van der Waals surface area (Å²) in [6.07, 6.45) is 7.55. The van der Waals surface area contributed by atoms with Crippen molar-refractivity contribution < 1.29 is 28.5 Å². The van der Waals surface area contributed by atoms with Gasteiger partial charge in [0.15, 0.2) is 23.0 Å². The van der Waals surface area contributed by atoms with E-state index >= 15 is 0 Å². The number of nitrogens with zero attached hydrogens (tertiary/aromatic N) is 1. The number of carbonyl (C=O) groups excluding carboxylic acids is 2. The lowest BCUT2D eigenvalue weighted by Gasteiger charge is -2.11. The fraction of sp³-hybridized carbons (Fsp3) is 0.345. The number of amides is 1. The van der Waals surface area contributed by atoms with E-state index in [1.54, 1.807) is 37.5 Å². The molecule has 8 heteroatoms. The summed E-state index contributed by atoms with van der Waals surface area (Å²) in [5, 5.41) is 12.0. The van der Waals surface area contributed by atoms with Gasteiger partial charge in [-0.2, -0.15) is 5.26 Å². The van der Waals surface area contributed by atoms with Crippen LogP contribution in [0.3, 0.4) is 0 Å². The summed E-state index contributed by atoms with van der Waals surface area (Å²) >= 11 is 0. The molecular formula is C29H34N2O6. The molecule has 2 rings (SSSR count). The van der Waals surface area contributed by atoms with E-state index in [9.17, 15) is 14.9 Å². The number of rotatable bonds is 13. The number of carbonyl (C=O) groups is 2. The van der Waals surface area contributed by atoms with Gasteiger partial charge in [0.2, 0.25) is 0 Å². The van der Waals surface area contributed by atoms with Crippen LogP contribution in [0, 0.1) is 11.3 Å². The van der Waals surface area contributed by atoms with Crippen molar-refractivity contribution in [3.05, 3.63) is 59.2 Å². The second kappa shape index (κ2) is 15.0. The third-order valence-corrected chi connectivity index (χ3v) is 5.10. The van der Waals surface area contributed by atoms with Gasteiger partial charge in [-0.15, -0.1) is 0 Å². The largest absolute Gasteiger partial charge is 0.493 e. The molecule has 0 heterocycles. The normalized spacial score (nSPS) is 11.2. The fourth-order valence-electron chi connectivity index (χ4n) is 3.26. The molecule has 0 radical (unpaired) electrons. The molecule has 2 aromatic carbocycles. The first kappa shape index (κ1) is 29.0. The van der Waals surface area contributed by atoms with Gasteiger partial charge >= 0.3 is 5.97 Å². The van der Waals surface area contributed by atoms with Crippen LogP contribution < -0.4 is 24.3 Å². The molecule has 1 N–H and O–H groups in total. The number of hydrogen-bond donors (Lipinski definition) is 1. The lowest BCUT2D eigenvalue weighted by molar-refractivity contribution is -0.129. The Morgan fingerprint density at radius 1 is 0.973 bits per heavy atom. The zero-order chi connectivity index (χ0) is 27.2. The maximum Gasteiger partial charge on any atom is 0.336 e. The molecule has 8 nitrogen and oxygen atoms in total. The van der Waals surface area contributed by atoms with Crippen molar-refractivity contribution in [2.75, 3.05) is 20.8 Å². The Morgan fingerprint density at radius 3 is 2.27 bits per heavy atom. The Hall–Kier alpha value is -4.25. The highest BCUT2D eigenvalue weighted by molar-refractivity contribution is 6.01. The Balaban J connectivity index is 2.10. The second-order valence-corrected chi connectivity index (χ2v) is 8.43. The van der Waals surface area contributed by atoms with Crippen molar-refractivity contribution in [3.63, 3.8) is 0 Å². The third-order valence-electron chi connectivity index (χ3n) is 5.10. The Labute approximate surface area is 218 Å². The topological polar surface area (TPSA) is 107 Å². The van der Waals surface area contributed by atoms with Crippen LogP contribution in [0.25, 0.3) is 12.2 Å². The smallest absolute Gasteiger partial charge is 0.336 e. The average molecular weight is 507 g/mol. The molecule has 0 aliphatic heterocycles. The van der Waals surface area contributed by atoms with Crippen molar-refractivity contribution >= 4 is 24.0 Å². The van der Waals surface area contributed by atoms with Gasteiger partial charge in [-0.3, -0.25) is 4.79 Å². The van der Waals surface area contributed by atoms with Crippen LogP contribution in [0.5, 0.6) is 23.0 Å². The Bertz CT molecular complexity index is 1180. The minimum Gasteiger partial charge on any atom is -0.493 e. The molecule has 0 bridgehead atoms. The summed E-state index contributed by atoms with van der Waals surface area (Å²) in [7, 11) is 3.00. The monoisotopic (exact) mass is 506 g/mol. The van der Waals surface area contributed by atoms with E-state index in [-0.39, 0.29) is 23.1 Å². The molecule has 2 aromatic rings. The molecule has 196 valence electrons. The van der Waals surface area contributed by atoms with Crippen LogP contribution >= 0.6 is 0 Å². The van der Waals surface area contributed by atoms with Crippen molar-refractivity contribution in [3.8, 4) is 29.1 Å². The van der Waals surface area contributed by atoms with Gasteiger partial charge in [0.1, 0.15) is 11.6 Å². The number of methoxy groups -OCH3 is 2. The van der Waals surface area contributed by atoms with Gasteiger partial charge in [-0.1, -0.05) is 31.9 Å². The van der Waals surface area contributed by atoms with Gasteiger partial charge < -0.3 is 24.3 Å². The summed E-state index contributed by atoms with van der Waals surface area (Å²) in [6.45, 7) is 6.37. The zero-order valence-electron chi connectivity index (χ0n) is 22.0. The van der Waals surface area contributed by atoms with E-state index in [0.717, 1.165) is 24.8 Å². The van der Waals surface area contributed by atoms with Crippen LogP contribution in [0.2, 0.25) is 0 Å². The first-order chi connectivity index (χ1) is 17.8. The van der Waals surface area contributed by atoms with Crippen LogP contribution in [0.15, 0.2) is 48.0 Å². The molecule has 1 amide bonds. The van der Waals surface area contributed by atoms with E-state index in [2.05, 4.69) is 12.2 Å². The number of nitriles is 1. The summed E-state index contributed by atoms with van der Waals surface area (Å²) < 4.78 is 22.0. The molecule has 0 spiro atoms. The summed E-state index contributed by atoms with van der Waals surface area (Å²) in [5.41, 5.74) is 1.24. The summed E-state index contributed by atoms with van der Waals surface area (Å²) in [6, 6.07) is 12.0. The zero-order valence-corrected chi connectivity index (χ0v) is 22.0. The highest BCUT2D eigenvalue weighted by atomic mass is 16.6. The number of unbranched alkanes of at least 4 members (excludes halogenated alkanes) is 2. The van der Waals surface area contributed by atoms with E-state index in [1.165, 1.54) is 19.3 Å².